The van der Waals surface area contributed by atoms with Gasteiger partial charge in [-0.15, -0.1) is 0 Å². The summed E-state index contributed by atoms with van der Waals surface area (Å²) in [5.41, 5.74) is 10.9. The molecule has 6 aromatic rings. The predicted octanol–water partition coefficient (Wildman–Crippen LogP) is 9.99. The van der Waals surface area contributed by atoms with Gasteiger partial charge >= 0.3 is 11.8 Å². The Bertz CT molecular complexity index is 2400. The Hall–Kier alpha value is -6.35. The third-order valence-electron chi connectivity index (χ3n) is 10.1. The van der Waals surface area contributed by atoms with Crippen molar-refractivity contribution in [1.82, 2.24) is 4.67 Å². The van der Waals surface area contributed by atoms with Crippen molar-refractivity contribution in [3.63, 3.8) is 0 Å². The molecule has 0 bridgehead atoms. The average molecular weight is 633 g/mol. The fourth-order valence-electron chi connectivity index (χ4n) is 7.86. The molecule has 0 unspecified atom stereocenters. The molecule has 4 nitrogen and oxygen atoms in total. The van der Waals surface area contributed by atoms with Gasteiger partial charge in [0.2, 0.25) is 0 Å². The number of hydrogen-bond donors (Lipinski definition) is 0. The van der Waals surface area contributed by atoms with Gasteiger partial charge in [-0.05, 0) is 93.8 Å². The van der Waals surface area contributed by atoms with E-state index in [0.29, 0.717) is 34.8 Å². The molecule has 232 valence electrons. The molecular weight excluding hydrogens is 602 g/mol. The van der Waals surface area contributed by atoms with Gasteiger partial charge in [0, 0.05) is 4.67 Å². The van der Waals surface area contributed by atoms with Crippen LogP contribution in [0.15, 0.2) is 163 Å². The molecule has 0 radical (unpaired) electrons. The van der Waals surface area contributed by atoms with Crippen molar-refractivity contribution in [3.05, 3.63) is 197 Å². The van der Waals surface area contributed by atoms with E-state index >= 15 is 0 Å². The van der Waals surface area contributed by atoms with Gasteiger partial charge in [0.25, 0.3) is 0 Å². The van der Waals surface area contributed by atoms with Crippen molar-refractivity contribution in [1.29, 1.82) is 0 Å². The first-order valence-corrected chi connectivity index (χ1v) is 16.8. The molecule has 0 atom stereocenters. The van der Waals surface area contributed by atoms with Gasteiger partial charge in [0.05, 0.1) is 11.0 Å². The minimum atomic E-state index is -0.503. The monoisotopic (exact) mass is 632 g/mol. The van der Waals surface area contributed by atoms with Gasteiger partial charge in [-0.25, -0.2) is 0 Å². The number of benzene rings is 6. The Labute approximate surface area is 284 Å². The number of fused-ring (bicyclic) bond motifs is 5. The molecule has 0 saturated carbocycles. The molecule has 2 aliphatic carbocycles. The fourth-order valence-corrected chi connectivity index (χ4v) is 7.86. The lowest BCUT2D eigenvalue weighted by Crippen LogP contribution is -2.31. The van der Waals surface area contributed by atoms with Crippen LogP contribution >= 0.6 is 0 Å². The van der Waals surface area contributed by atoms with Crippen molar-refractivity contribution in [2.45, 2.75) is 18.3 Å². The van der Waals surface area contributed by atoms with Gasteiger partial charge < -0.3 is 14.2 Å². The zero-order chi connectivity index (χ0) is 32.4. The Balaban J connectivity index is 1.08. The quantitative estimate of drug-likeness (QED) is 0.177. The largest absolute Gasteiger partial charge is 0.510 e. The second kappa shape index (κ2) is 10.8. The van der Waals surface area contributed by atoms with Crippen LogP contribution in [0.2, 0.25) is 0 Å². The SMILES string of the molecule is C1=CC(c2ccc3c(c2)Oc2cc4c(cc2O3)C(c2ccccc2)(c2ccccc2)c2ccccc2-4)=C(C2=[N+]=C(c3ccccc3)O2)CC1. The van der Waals surface area contributed by atoms with E-state index in [1.54, 1.807) is 0 Å². The molecule has 0 aromatic heterocycles. The minimum absolute atomic E-state index is 0.503. The predicted molar refractivity (Wildman–Crippen MR) is 194 cm³/mol. The van der Waals surface area contributed by atoms with Crippen molar-refractivity contribution < 1.29 is 14.2 Å². The molecule has 4 aliphatic rings. The van der Waals surface area contributed by atoms with E-state index in [1.807, 2.05) is 36.4 Å². The molecule has 0 spiro atoms. The molecule has 2 heterocycles. The highest BCUT2D eigenvalue weighted by atomic mass is 16.6. The summed E-state index contributed by atoms with van der Waals surface area (Å²) in [6, 6.07) is 50.9. The fraction of sp³-hybridized carbons (Fsp3) is 0.0667. The number of nitrogens with zero attached hydrogens (tertiary/aromatic N) is 1. The van der Waals surface area contributed by atoms with E-state index in [4.69, 9.17) is 18.9 Å². The lowest BCUT2D eigenvalue weighted by Gasteiger charge is -2.34. The topological polar surface area (TPSA) is 41.8 Å². The van der Waals surface area contributed by atoms with E-state index in [1.165, 1.54) is 27.8 Å². The standard InChI is InChI=1S/C45H30NO3/c1-4-14-29(15-5-1)43-46-44(49-43)35-22-11-10-20-33(35)30-24-25-39-40(26-30)48-41-27-36-34-21-12-13-23-37(34)45(31-16-6-2-7-17-31,32-18-8-3-9-19-32)38(36)28-42(41)47-39/h1-10,12-21,23-28H,11,22H2/q+1. The van der Waals surface area contributed by atoms with Gasteiger partial charge in [0.15, 0.2) is 23.0 Å². The summed E-state index contributed by atoms with van der Waals surface area (Å²) in [6.07, 6.45) is 6.18. The highest BCUT2D eigenvalue weighted by molar-refractivity contribution is 6.17. The van der Waals surface area contributed by atoms with E-state index in [0.717, 1.165) is 40.7 Å². The van der Waals surface area contributed by atoms with Crippen molar-refractivity contribution in [2.24, 2.45) is 0 Å². The molecule has 0 fully saturated rings. The summed E-state index contributed by atoms with van der Waals surface area (Å²) in [5.74, 6) is 4.14. The average Bonchev–Trinajstić information content (AvgIpc) is 3.43. The van der Waals surface area contributed by atoms with E-state index in [2.05, 4.69) is 121 Å². The number of rotatable bonds is 5. The second-order valence-corrected chi connectivity index (χ2v) is 12.8. The number of ether oxygens (including phenoxy) is 3. The Morgan fingerprint density at radius 3 is 1.88 bits per heavy atom. The molecule has 0 saturated heterocycles. The molecular formula is C45H30NO3+. The normalized spacial score (nSPS) is 16.0. The van der Waals surface area contributed by atoms with Crippen LogP contribution in [0.25, 0.3) is 16.7 Å². The third-order valence-corrected chi connectivity index (χ3v) is 10.1. The van der Waals surface area contributed by atoms with Gasteiger partial charge in [-0.3, -0.25) is 0 Å². The first-order valence-electron chi connectivity index (χ1n) is 16.8. The highest BCUT2D eigenvalue weighted by Crippen LogP contribution is 2.59. The smallest absolute Gasteiger partial charge is 0.450 e. The van der Waals surface area contributed by atoms with E-state index in [9.17, 15) is 0 Å². The molecule has 10 rings (SSSR count). The van der Waals surface area contributed by atoms with Crippen molar-refractivity contribution in [3.8, 4) is 34.1 Å². The van der Waals surface area contributed by atoms with Crippen LogP contribution in [0.3, 0.4) is 0 Å². The summed E-state index contributed by atoms with van der Waals surface area (Å²) < 4.78 is 24.3. The molecule has 2 aliphatic heterocycles. The first kappa shape index (κ1) is 27.7. The van der Waals surface area contributed by atoms with Crippen LogP contribution in [0.5, 0.6) is 23.0 Å². The zero-order valence-corrected chi connectivity index (χ0v) is 26.6. The van der Waals surface area contributed by atoms with Crippen LogP contribution in [0.4, 0.5) is 0 Å². The third kappa shape index (κ3) is 4.21. The molecule has 6 aromatic carbocycles. The summed E-state index contributed by atoms with van der Waals surface area (Å²) in [4.78, 5) is 0. The van der Waals surface area contributed by atoms with Crippen LogP contribution in [0.1, 0.15) is 46.2 Å². The lowest BCUT2D eigenvalue weighted by atomic mass is 9.67. The van der Waals surface area contributed by atoms with Crippen molar-refractivity contribution >= 4 is 17.4 Å². The summed E-state index contributed by atoms with van der Waals surface area (Å²) in [5, 5.41) is 0. The maximum atomic E-state index is 6.70. The maximum Gasteiger partial charge on any atom is 0.510 e. The molecule has 4 heteroatoms. The molecule has 0 N–H and O–H groups in total. The summed E-state index contributed by atoms with van der Waals surface area (Å²) in [6.45, 7) is 0. The highest BCUT2D eigenvalue weighted by Gasteiger charge is 2.47. The van der Waals surface area contributed by atoms with E-state index < -0.39 is 5.41 Å². The Morgan fingerprint density at radius 1 is 0.490 bits per heavy atom. The second-order valence-electron chi connectivity index (χ2n) is 12.8. The van der Waals surface area contributed by atoms with E-state index in [-0.39, 0.29) is 0 Å². The Kier molecular flexibility index (Phi) is 6.14. The summed E-state index contributed by atoms with van der Waals surface area (Å²) >= 11 is 0. The Morgan fingerprint density at radius 2 is 1.12 bits per heavy atom. The van der Waals surface area contributed by atoms with Crippen molar-refractivity contribution in [2.75, 3.05) is 0 Å². The molecule has 49 heavy (non-hydrogen) atoms. The van der Waals surface area contributed by atoms with Gasteiger partial charge in [-0.2, -0.15) is 0 Å². The number of allylic oxidation sites excluding steroid dienone is 3. The maximum absolute atomic E-state index is 6.70. The van der Waals surface area contributed by atoms with Crippen LogP contribution < -0.4 is 14.1 Å². The van der Waals surface area contributed by atoms with Gasteiger partial charge in [0.1, 0.15) is 5.56 Å². The zero-order valence-electron chi connectivity index (χ0n) is 26.6. The lowest BCUT2D eigenvalue weighted by molar-refractivity contribution is 0.359. The van der Waals surface area contributed by atoms with Crippen LogP contribution in [-0.4, -0.2) is 11.8 Å². The van der Waals surface area contributed by atoms with Crippen LogP contribution in [0, 0.1) is 0 Å². The van der Waals surface area contributed by atoms with Gasteiger partial charge in [-0.1, -0.05) is 121 Å². The van der Waals surface area contributed by atoms with Crippen LogP contribution in [-0.2, 0) is 10.2 Å². The minimum Gasteiger partial charge on any atom is -0.450 e. The summed E-state index contributed by atoms with van der Waals surface area (Å²) in [7, 11) is 0. The molecule has 0 amide bonds. The first-order chi connectivity index (χ1) is 24.3. The number of hydrogen-bond acceptors (Lipinski definition) is 3.